The van der Waals surface area contributed by atoms with E-state index in [2.05, 4.69) is 107 Å². The molecule has 9 nitrogen and oxygen atoms in total. The zero-order valence-corrected chi connectivity index (χ0v) is 29.6. The lowest BCUT2D eigenvalue weighted by Gasteiger charge is -2.48. The number of halogens is 1. The fourth-order valence-corrected chi connectivity index (χ4v) is 8.14. The van der Waals surface area contributed by atoms with Gasteiger partial charge in [0.05, 0.1) is 23.3 Å². The molecule has 0 radical (unpaired) electrons. The van der Waals surface area contributed by atoms with Gasteiger partial charge in [0.15, 0.2) is 6.23 Å². The lowest BCUT2D eigenvalue weighted by molar-refractivity contribution is -0.0404. The smallest absolute Gasteiger partial charge is 0.253 e. The highest BCUT2D eigenvalue weighted by Gasteiger charge is 2.36. The second-order valence-corrected chi connectivity index (χ2v) is 14.1. The molecule has 2 aliphatic heterocycles. The largest absolute Gasteiger partial charge is 0.364 e. The van der Waals surface area contributed by atoms with Crippen LogP contribution in [0.15, 0.2) is 64.3 Å². The van der Waals surface area contributed by atoms with Crippen molar-refractivity contribution in [2.75, 3.05) is 24.6 Å². The third-order valence-corrected chi connectivity index (χ3v) is 11.1. The standard InChI is InChI=1S/C37H44BrN7O2/c1-6-29-22-42(25(4)20-43(29)26(5)28-12-13-30-31(18-28)40-15-14-39-30)32-19-33(46)44(21-27-11-10-23(2)24(3)17-27)36-35(32)41-45(37(36)38)34-9-7-8-16-47-34/h10-15,17-19,25-26,29,34H,6-9,16,20-22H2,1-5H3/t25-,26?,29+,34?/m0/s1. The van der Waals surface area contributed by atoms with Crippen molar-refractivity contribution >= 4 is 43.7 Å². The van der Waals surface area contributed by atoms with E-state index in [0.717, 1.165) is 83.3 Å². The van der Waals surface area contributed by atoms with Gasteiger partial charge in [-0.2, -0.15) is 5.10 Å². The first kappa shape index (κ1) is 32.0. The van der Waals surface area contributed by atoms with Crippen LogP contribution in [0.3, 0.4) is 0 Å². The van der Waals surface area contributed by atoms with Crippen molar-refractivity contribution in [3.05, 3.63) is 92.1 Å². The van der Waals surface area contributed by atoms with E-state index >= 15 is 0 Å². The van der Waals surface area contributed by atoms with Crippen LogP contribution in [-0.2, 0) is 11.3 Å². The summed E-state index contributed by atoms with van der Waals surface area (Å²) in [5.41, 5.74) is 9.17. The molecule has 2 aliphatic rings. The van der Waals surface area contributed by atoms with Crippen LogP contribution in [0.4, 0.5) is 5.69 Å². The van der Waals surface area contributed by atoms with E-state index in [-0.39, 0.29) is 23.9 Å². The minimum atomic E-state index is -0.159. The first-order valence-electron chi connectivity index (χ1n) is 17.0. The van der Waals surface area contributed by atoms with Crippen molar-refractivity contribution in [3.63, 3.8) is 0 Å². The van der Waals surface area contributed by atoms with E-state index in [9.17, 15) is 4.79 Å². The minimum Gasteiger partial charge on any atom is -0.364 e. The molecule has 47 heavy (non-hydrogen) atoms. The zero-order valence-electron chi connectivity index (χ0n) is 28.0. The highest BCUT2D eigenvalue weighted by Crippen LogP contribution is 2.38. The number of aromatic nitrogens is 5. The summed E-state index contributed by atoms with van der Waals surface area (Å²) in [7, 11) is 0. The Balaban J connectivity index is 1.27. The SMILES string of the molecule is CC[C@@H]1CN(c2cc(=O)n(Cc3ccc(C)c(C)c3)c3c(Br)n(C4CCCCO4)nc23)[C@@H](C)CN1C(C)c1ccc2nccnc2c1. The maximum absolute atomic E-state index is 14.1. The van der Waals surface area contributed by atoms with Crippen LogP contribution in [0.5, 0.6) is 0 Å². The highest BCUT2D eigenvalue weighted by atomic mass is 79.9. The Morgan fingerprint density at radius 1 is 1.00 bits per heavy atom. The number of fused-ring (bicyclic) bond motifs is 2. The third-order valence-electron chi connectivity index (χ3n) is 10.3. The molecule has 0 N–H and O–H groups in total. The molecule has 0 spiro atoms. The number of aryl methyl sites for hydroxylation is 2. The molecule has 10 heteroatoms. The summed E-state index contributed by atoms with van der Waals surface area (Å²) in [5.74, 6) is 0. The first-order chi connectivity index (χ1) is 22.7. The Hall–Kier alpha value is -3.60. The molecule has 2 unspecified atom stereocenters. The summed E-state index contributed by atoms with van der Waals surface area (Å²) in [4.78, 5) is 28.2. The van der Waals surface area contributed by atoms with Gasteiger partial charge in [-0.1, -0.05) is 31.2 Å². The van der Waals surface area contributed by atoms with Gasteiger partial charge in [-0.3, -0.25) is 24.2 Å². The third kappa shape index (κ3) is 6.00. The number of nitrogens with zero attached hydrogens (tertiary/aromatic N) is 7. The number of hydrogen-bond donors (Lipinski definition) is 0. The van der Waals surface area contributed by atoms with Crippen molar-refractivity contribution in [2.24, 2.45) is 0 Å². The molecule has 2 saturated heterocycles. The number of hydrogen-bond acceptors (Lipinski definition) is 7. The molecule has 0 saturated carbocycles. The summed E-state index contributed by atoms with van der Waals surface area (Å²) in [6.45, 7) is 13.9. The van der Waals surface area contributed by atoms with Gasteiger partial charge in [-0.05, 0) is 104 Å². The molecule has 0 amide bonds. The van der Waals surface area contributed by atoms with Crippen LogP contribution in [0.25, 0.3) is 22.1 Å². The molecular weight excluding hydrogens is 654 g/mol. The second-order valence-electron chi connectivity index (χ2n) is 13.4. The van der Waals surface area contributed by atoms with Crippen molar-refractivity contribution < 1.29 is 4.74 Å². The average molecular weight is 699 g/mol. The summed E-state index contributed by atoms with van der Waals surface area (Å²) >= 11 is 3.91. The number of piperazine rings is 1. The summed E-state index contributed by atoms with van der Waals surface area (Å²) in [5, 5.41) is 5.22. The Morgan fingerprint density at radius 3 is 2.55 bits per heavy atom. The molecule has 4 atom stereocenters. The predicted molar refractivity (Wildman–Crippen MR) is 191 cm³/mol. The van der Waals surface area contributed by atoms with Gasteiger partial charge in [-0.25, -0.2) is 4.68 Å². The molecular formula is C37H44BrN7O2. The first-order valence-corrected chi connectivity index (χ1v) is 17.7. The Morgan fingerprint density at radius 2 is 1.81 bits per heavy atom. The summed E-state index contributed by atoms with van der Waals surface area (Å²) < 4.78 is 10.8. The predicted octanol–water partition coefficient (Wildman–Crippen LogP) is 7.32. The van der Waals surface area contributed by atoms with Gasteiger partial charge in [0.25, 0.3) is 5.56 Å². The van der Waals surface area contributed by atoms with Gasteiger partial charge in [0, 0.05) is 56.3 Å². The quantitative estimate of drug-likeness (QED) is 0.176. The zero-order chi connectivity index (χ0) is 32.8. The van der Waals surface area contributed by atoms with Crippen LogP contribution in [0.1, 0.15) is 81.0 Å². The fraction of sp³-hybridized carbons (Fsp3) is 0.459. The Bertz CT molecular complexity index is 1980. The molecule has 5 heterocycles. The second kappa shape index (κ2) is 13.1. The maximum atomic E-state index is 14.1. The molecule has 5 aromatic rings. The Labute approximate surface area is 284 Å². The average Bonchev–Trinajstić information content (AvgIpc) is 3.44. The monoisotopic (exact) mass is 697 g/mol. The van der Waals surface area contributed by atoms with Gasteiger partial charge in [-0.15, -0.1) is 0 Å². The molecule has 2 aromatic carbocycles. The number of benzene rings is 2. The van der Waals surface area contributed by atoms with Gasteiger partial charge in [0.2, 0.25) is 0 Å². The van der Waals surface area contributed by atoms with Crippen molar-refractivity contribution in [1.82, 2.24) is 29.2 Å². The molecule has 3 aromatic heterocycles. The van der Waals surface area contributed by atoms with Crippen molar-refractivity contribution in [3.8, 4) is 0 Å². The van der Waals surface area contributed by atoms with E-state index in [0.29, 0.717) is 12.6 Å². The van der Waals surface area contributed by atoms with Crippen LogP contribution in [0.2, 0.25) is 0 Å². The van der Waals surface area contributed by atoms with E-state index in [1.807, 2.05) is 15.3 Å². The minimum absolute atomic E-state index is 0.0242. The van der Waals surface area contributed by atoms with Crippen molar-refractivity contribution in [1.29, 1.82) is 0 Å². The fourth-order valence-electron chi connectivity index (χ4n) is 7.43. The summed E-state index contributed by atoms with van der Waals surface area (Å²) in [6, 6.07) is 15.3. The molecule has 246 valence electrons. The van der Waals surface area contributed by atoms with Crippen LogP contribution in [-0.4, -0.2) is 61.0 Å². The van der Waals surface area contributed by atoms with Crippen molar-refractivity contribution in [2.45, 2.75) is 91.2 Å². The molecule has 0 aliphatic carbocycles. The Kier molecular flexibility index (Phi) is 8.93. The van der Waals surface area contributed by atoms with E-state index in [4.69, 9.17) is 9.84 Å². The molecule has 0 bridgehead atoms. The molecule has 7 rings (SSSR count). The number of anilines is 1. The van der Waals surface area contributed by atoms with E-state index in [1.165, 1.54) is 16.7 Å². The maximum Gasteiger partial charge on any atom is 0.253 e. The number of rotatable bonds is 7. The number of pyridine rings is 1. The highest BCUT2D eigenvalue weighted by molar-refractivity contribution is 9.10. The lowest BCUT2D eigenvalue weighted by Crippen LogP contribution is -2.58. The van der Waals surface area contributed by atoms with Gasteiger partial charge >= 0.3 is 0 Å². The van der Waals surface area contributed by atoms with Crippen LogP contribution in [0, 0.1) is 13.8 Å². The molecule has 2 fully saturated rings. The van der Waals surface area contributed by atoms with Gasteiger partial charge in [0.1, 0.15) is 15.6 Å². The normalized spacial score (nSPS) is 21.5. The van der Waals surface area contributed by atoms with Crippen LogP contribution < -0.4 is 10.5 Å². The van der Waals surface area contributed by atoms with E-state index in [1.54, 1.807) is 12.4 Å². The summed E-state index contributed by atoms with van der Waals surface area (Å²) in [6.07, 6.45) is 7.37. The van der Waals surface area contributed by atoms with Gasteiger partial charge < -0.3 is 9.64 Å². The number of ether oxygens (including phenoxy) is 1. The van der Waals surface area contributed by atoms with E-state index < -0.39 is 0 Å². The topological polar surface area (TPSA) is 81.3 Å². The lowest BCUT2D eigenvalue weighted by atomic mass is 9.98. The van der Waals surface area contributed by atoms with Crippen LogP contribution >= 0.6 is 15.9 Å².